The van der Waals surface area contributed by atoms with E-state index >= 15 is 0 Å². The highest BCUT2D eigenvalue weighted by Crippen LogP contribution is 2.31. The van der Waals surface area contributed by atoms with Crippen LogP contribution in [0.4, 0.5) is 0 Å². The van der Waals surface area contributed by atoms with Crippen molar-refractivity contribution in [2.24, 2.45) is 7.05 Å². The van der Waals surface area contributed by atoms with Crippen molar-refractivity contribution in [3.8, 4) is 0 Å². The molecule has 0 radical (unpaired) electrons. The summed E-state index contributed by atoms with van der Waals surface area (Å²) in [6.07, 6.45) is 4.69. The van der Waals surface area contributed by atoms with Gasteiger partial charge in [-0.25, -0.2) is 4.98 Å². The molecule has 0 bridgehead atoms. The van der Waals surface area contributed by atoms with Gasteiger partial charge in [-0.2, -0.15) is 0 Å². The van der Waals surface area contributed by atoms with Gasteiger partial charge in [0.15, 0.2) is 0 Å². The third-order valence-corrected chi connectivity index (χ3v) is 5.79. The van der Waals surface area contributed by atoms with Crippen LogP contribution in [0.25, 0.3) is 11.0 Å². The number of nitrogens with zero attached hydrogens (tertiary/aromatic N) is 4. The van der Waals surface area contributed by atoms with Crippen molar-refractivity contribution < 1.29 is 4.79 Å². The number of amides is 1. The van der Waals surface area contributed by atoms with Crippen LogP contribution < -0.4 is 0 Å². The van der Waals surface area contributed by atoms with Gasteiger partial charge >= 0.3 is 0 Å². The zero-order valence-electron chi connectivity index (χ0n) is 14.6. The number of hydrogen-bond acceptors (Lipinski definition) is 3. The summed E-state index contributed by atoms with van der Waals surface area (Å²) in [5, 5.41) is 0. The minimum absolute atomic E-state index is 0.229. The molecular weight excluding hydrogens is 300 g/mol. The molecule has 0 N–H and O–H groups in total. The van der Waals surface area contributed by atoms with E-state index < -0.39 is 0 Å². The van der Waals surface area contributed by atoms with Gasteiger partial charge in [-0.05, 0) is 44.4 Å². The van der Waals surface area contributed by atoms with E-state index in [1.54, 1.807) is 6.92 Å². The summed E-state index contributed by atoms with van der Waals surface area (Å²) >= 11 is 0. The number of imidazole rings is 1. The minimum Gasteiger partial charge on any atom is -0.338 e. The van der Waals surface area contributed by atoms with Crippen molar-refractivity contribution in [3.63, 3.8) is 0 Å². The maximum Gasteiger partial charge on any atom is 0.219 e. The maximum atomic E-state index is 11.9. The van der Waals surface area contributed by atoms with E-state index in [0.717, 1.165) is 43.8 Å². The minimum atomic E-state index is 0.229. The molecule has 3 heterocycles. The molecule has 1 amide bonds. The Balaban J connectivity index is 1.56. The molecule has 2 atom stereocenters. The van der Waals surface area contributed by atoms with Gasteiger partial charge in [-0.3, -0.25) is 9.69 Å². The highest BCUT2D eigenvalue weighted by atomic mass is 16.2. The number of aromatic nitrogens is 2. The lowest BCUT2D eigenvalue weighted by Crippen LogP contribution is -2.47. The molecule has 0 unspecified atom stereocenters. The van der Waals surface area contributed by atoms with E-state index in [4.69, 9.17) is 4.98 Å². The average molecular weight is 326 g/mol. The Kier molecular flexibility index (Phi) is 4.04. The van der Waals surface area contributed by atoms with Crippen molar-refractivity contribution in [1.82, 2.24) is 19.4 Å². The highest BCUT2D eigenvalue weighted by Gasteiger charge is 2.39. The fraction of sp³-hybridized carbons (Fsp3) is 0.579. The molecule has 0 spiro atoms. The number of carbonyl (C=O) groups is 1. The van der Waals surface area contributed by atoms with Crippen LogP contribution in [-0.4, -0.2) is 50.4 Å². The van der Waals surface area contributed by atoms with Crippen molar-refractivity contribution in [2.75, 3.05) is 13.1 Å². The lowest BCUT2D eigenvalue weighted by Gasteiger charge is -2.34. The van der Waals surface area contributed by atoms with Gasteiger partial charge in [-0.1, -0.05) is 12.1 Å². The summed E-state index contributed by atoms with van der Waals surface area (Å²) in [6.45, 7) is 4.62. The van der Waals surface area contributed by atoms with E-state index in [2.05, 4.69) is 39.6 Å². The molecule has 128 valence electrons. The van der Waals surface area contributed by atoms with Gasteiger partial charge in [0.1, 0.15) is 5.82 Å². The summed E-state index contributed by atoms with van der Waals surface area (Å²) in [6, 6.07) is 9.18. The van der Waals surface area contributed by atoms with E-state index in [9.17, 15) is 4.79 Å². The fourth-order valence-electron chi connectivity index (χ4n) is 4.59. The lowest BCUT2D eigenvalue weighted by molar-refractivity contribution is -0.130. The first-order valence-electron chi connectivity index (χ1n) is 9.07. The van der Waals surface area contributed by atoms with Crippen LogP contribution in [0.5, 0.6) is 0 Å². The molecule has 5 heteroatoms. The highest BCUT2D eigenvalue weighted by molar-refractivity contribution is 5.75. The largest absolute Gasteiger partial charge is 0.338 e. The van der Waals surface area contributed by atoms with Crippen molar-refractivity contribution >= 4 is 16.9 Å². The van der Waals surface area contributed by atoms with Gasteiger partial charge in [0.05, 0.1) is 17.6 Å². The third kappa shape index (κ3) is 2.61. The predicted octanol–water partition coefficient (Wildman–Crippen LogP) is 2.55. The van der Waals surface area contributed by atoms with Crippen LogP contribution in [0.15, 0.2) is 24.3 Å². The second kappa shape index (κ2) is 6.20. The first-order valence-corrected chi connectivity index (χ1v) is 9.07. The van der Waals surface area contributed by atoms with Crippen molar-refractivity contribution in [2.45, 2.75) is 51.2 Å². The summed E-state index contributed by atoms with van der Waals surface area (Å²) in [7, 11) is 2.10. The molecule has 0 saturated carbocycles. The van der Waals surface area contributed by atoms with Crippen LogP contribution in [-0.2, 0) is 18.4 Å². The topological polar surface area (TPSA) is 41.4 Å². The molecule has 1 aromatic carbocycles. The Morgan fingerprint density at radius 2 is 1.92 bits per heavy atom. The molecular formula is C19H26N4O. The van der Waals surface area contributed by atoms with Crippen molar-refractivity contribution in [1.29, 1.82) is 0 Å². The SMILES string of the molecule is CC(=O)N1CCC[C@@H]1[C@H]1CCCN1Cc1nc2ccccc2n1C. The Morgan fingerprint density at radius 3 is 2.71 bits per heavy atom. The first kappa shape index (κ1) is 15.6. The van der Waals surface area contributed by atoms with Crippen LogP contribution in [0.3, 0.4) is 0 Å². The van der Waals surface area contributed by atoms with Gasteiger partial charge in [0.2, 0.25) is 5.91 Å². The first-order chi connectivity index (χ1) is 11.6. The molecule has 0 aliphatic carbocycles. The molecule has 5 nitrogen and oxygen atoms in total. The maximum absolute atomic E-state index is 11.9. The fourth-order valence-corrected chi connectivity index (χ4v) is 4.59. The number of fused-ring (bicyclic) bond motifs is 1. The second-order valence-corrected chi connectivity index (χ2v) is 7.18. The molecule has 2 aliphatic rings. The normalized spacial score (nSPS) is 25.0. The van der Waals surface area contributed by atoms with E-state index in [0.29, 0.717) is 12.1 Å². The molecule has 2 aromatic rings. The zero-order valence-corrected chi connectivity index (χ0v) is 14.6. The van der Waals surface area contributed by atoms with Crippen LogP contribution in [0, 0.1) is 0 Å². The summed E-state index contributed by atoms with van der Waals surface area (Å²) in [5.74, 6) is 1.35. The molecule has 2 fully saturated rings. The summed E-state index contributed by atoms with van der Waals surface area (Å²) in [4.78, 5) is 21.4. The number of aryl methyl sites for hydroxylation is 1. The molecule has 2 saturated heterocycles. The number of rotatable bonds is 3. The molecule has 4 rings (SSSR count). The second-order valence-electron chi connectivity index (χ2n) is 7.18. The van der Waals surface area contributed by atoms with Gasteiger partial charge in [0, 0.05) is 32.6 Å². The van der Waals surface area contributed by atoms with E-state index in [-0.39, 0.29) is 5.91 Å². The van der Waals surface area contributed by atoms with Gasteiger partial charge in [0.25, 0.3) is 0 Å². The average Bonchev–Trinajstić information content (AvgIpc) is 3.27. The molecule has 24 heavy (non-hydrogen) atoms. The van der Waals surface area contributed by atoms with Crippen LogP contribution >= 0.6 is 0 Å². The number of likely N-dealkylation sites (tertiary alicyclic amines) is 2. The van der Waals surface area contributed by atoms with Crippen LogP contribution in [0.2, 0.25) is 0 Å². The summed E-state index contributed by atoms with van der Waals surface area (Å²) < 4.78 is 2.21. The molecule has 1 aromatic heterocycles. The number of carbonyl (C=O) groups excluding carboxylic acids is 1. The van der Waals surface area contributed by atoms with Crippen molar-refractivity contribution in [3.05, 3.63) is 30.1 Å². The monoisotopic (exact) mass is 326 g/mol. The van der Waals surface area contributed by atoms with Crippen LogP contribution in [0.1, 0.15) is 38.4 Å². The summed E-state index contributed by atoms with van der Waals surface area (Å²) in [5.41, 5.74) is 2.26. The number of hydrogen-bond donors (Lipinski definition) is 0. The quantitative estimate of drug-likeness (QED) is 0.870. The standard InChI is InChI=1S/C19H26N4O/c1-14(24)23-12-6-10-18(23)17-9-5-11-22(17)13-19-20-15-7-3-4-8-16(15)21(19)2/h3-4,7-8,17-18H,5-6,9-13H2,1-2H3/t17-,18-/m1/s1. The Hall–Kier alpha value is -1.88. The number of para-hydroxylation sites is 2. The van der Waals surface area contributed by atoms with Gasteiger partial charge in [-0.15, -0.1) is 0 Å². The Labute approximate surface area is 143 Å². The Morgan fingerprint density at radius 1 is 1.17 bits per heavy atom. The molecule has 2 aliphatic heterocycles. The van der Waals surface area contributed by atoms with E-state index in [1.165, 1.54) is 18.4 Å². The Bertz CT molecular complexity index is 753. The smallest absolute Gasteiger partial charge is 0.219 e. The predicted molar refractivity (Wildman–Crippen MR) is 94.6 cm³/mol. The van der Waals surface area contributed by atoms with E-state index in [1.807, 2.05) is 6.07 Å². The zero-order chi connectivity index (χ0) is 16.7. The lowest BCUT2D eigenvalue weighted by atomic mass is 10.0. The number of benzene rings is 1. The third-order valence-electron chi connectivity index (χ3n) is 5.79. The van der Waals surface area contributed by atoms with Gasteiger partial charge < -0.3 is 9.47 Å².